The number of hydrogen-bond acceptors (Lipinski definition) is 13. The Kier molecular flexibility index (Phi) is 18.8. The smallest absolute Gasteiger partial charge is 0.373 e. The molecule has 3 heterocycles. The van der Waals surface area contributed by atoms with Gasteiger partial charge in [-0.15, -0.1) is 0 Å². The van der Waals surface area contributed by atoms with Gasteiger partial charge in [-0.1, -0.05) is 90.0 Å². The van der Waals surface area contributed by atoms with Gasteiger partial charge in [-0.3, -0.25) is 4.79 Å². The summed E-state index contributed by atoms with van der Waals surface area (Å²) < 4.78 is 41.4. The third-order valence-corrected chi connectivity index (χ3v) is 11.6. The third-order valence-electron chi connectivity index (χ3n) is 11.6. The van der Waals surface area contributed by atoms with E-state index in [4.69, 9.17) is 33.2 Å². The zero-order valence-corrected chi connectivity index (χ0v) is 36.8. The Labute approximate surface area is 349 Å². The van der Waals surface area contributed by atoms with Crippen molar-refractivity contribution >= 4 is 23.8 Å². The van der Waals surface area contributed by atoms with Gasteiger partial charge in [0.05, 0.1) is 31.1 Å². The van der Waals surface area contributed by atoms with E-state index in [-0.39, 0.29) is 54.8 Å². The van der Waals surface area contributed by atoms with Gasteiger partial charge in [0.2, 0.25) is 11.7 Å². The molecular weight excluding hydrogens is 762 g/mol. The van der Waals surface area contributed by atoms with Crippen LogP contribution in [0.25, 0.3) is 0 Å². The molecule has 1 saturated heterocycles. The molecule has 12 atom stereocenters. The Morgan fingerprint density at radius 1 is 1.03 bits per heavy atom. The van der Waals surface area contributed by atoms with E-state index < -0.39 is 72.2 Å². The van der Waals surface area contributed by atoms with Crippen LogP contribution >= 0.6 is 0 Å². The van der Waals surface area contributed by atoms with Crippen molar-refractivity contribution in [2.75, 3.05) is 27.9 Å². The summed E-state index contributed by atoms with van der Waals surface area (Å²) in [5.74, 6) is -6.26. The number of amides is 1. The Balaban J connectivity index is 1.93. The molecule has 3 rings (SSSR count). The van der Waals surface area contributed by atoms with Crippen LogP contribution in [0, 0.1) is 35.5 Å². The van der Waals surface area contributed by atoms with E-state index in [1.165, 1.54) is 21.3 Å². The van der Waals surface area contributed by atoms with Crippen molar-refractivity contribution in [3.05, 3.63) is 71.2 Å². The summed E-state index contributed by atoms with van der Waals surface area (Å²) in [5.41, 5.74) is 2.20. The average Bonchev–Trinajstić information content (AvgIpc) is 3.62. The first-order valence-corrected chi connectivity index (χ1v) is 20.4. The Hall–Kier alpha value is -4.08. The molecule has 0 bridgehead atoms. The number of ether oxygens (including phenoxy) is 7. The molecule has 59 heavy (non-hydrogen) atoms. The molecule has 3 aliphatic rings. The number of allylic oxidation sites excluding steroid dienone is 5. The molecule has 14 heteroatoms. The summed E-state index contributed by atoms with van der Waals surface area (Å²) in [6, 6.07) is 0. The average molecular weight is 830 g/mol. The quantitative estimate of drug-likeness (QED) is 0.122. The fraction of sp³-hybridized carbons (Fsp3) is 0.644. The van der Waals surface area contributed by atoms with Crippen molar-refractivity contribution < 1.29 is 62.5 Å². The van der Waals surface area contributed by atoms with Gasteiger partial charge in [0.25, 0.3) is 0 Å². The number of esters is 3. The molecule has 3 aliphatic heterocycles. The van der Waals surface area contributed by atoms with Crippen molar-refractivity contribution in [1.82, 2.24) is 5.32 Å². The van der Waals surface area contributed by atoms with Gasteiger partial charge in [-0.25, -0.2) is 14.4 Å². The molecule has 12 unspecified atom stereocenters. The topological polar surface area (TPSA) is 185 Å². The Morgan fingerprint density at radius 3 is 2.31 bits per heavy atom. The zero-order chi connectivity index (χ0) is 44.2. The predicted octanol–water partition coefficient (Wildman–Crippen LogP) is 5.40. The number of carbonyl (C=O) groups excluding carboxylic acids is 4. The second-order valence-electron chi connectivity index (χ2n) is 16.6. The molecule has 3 N–H and O–H groups in total. The maximum Gasteiger partial charge on any atom is 0.373 e. The van der Waals surface area contributed by atoms with Crippen molar-refractivity contribution in [3.63, 3.8) is 0 Å². The molecule has 1 amide bonds. The minimum atomic E-state index is -1.47. The number of cyclic esters (lactones) is 1. The first-order chi connectivity index (χ1) is 27.8. The van der Waals surface area contributed by atoms with Crippen LogP contribution in [-0.4, -0.2) is 104 Å². The molecule has 0 aliphatic carbocycles. The largest absolute Gasteiger partial charge is 0.490 e. The number of aliphatic hydroxyl groups is 2. The standard InChI is InChI=1S/C45H67NO13/c1-25(2)42-30(7)36(57-39(49)19-18-38(48)56-24-33-16-17-37(47)46-33)23-45(55-12,59-42)32(9)41(51)31(8)43-34(53-10)15-13-14-26(3)20-28(5)40(50)29(6)21-27(4)22-35(54-11)44(52)58-43/h13-16,18-19,21-22,25,28-32,34,36,40-43,50-51H,17,20,23-24H2,1-12H3,(H,46,47)/b15-13-,19-18+,26-14+,27-21+,35-22+. The molecule has 0 aromatic heterocycles. The highest BCUT2D eigenvalue weighted by molar-refractivity contribution is 5.92. The van der Waals surface area contributed by atoms with Gasteiger partial charge in [0, 0.05) is 62.9 Å². The summed E-state index contributed by atoms with van der Waals surface area (Å²) >= 11 is 0. The molecule has 0 saturated carbocycles. The monoisotopic (exact) mass is 829 g/mol. The van der Waals surface area contributed by atoms with Gasteiger partial charge < -0.3 is 48.7 Å². The van der Waals surface area contributed by atoms with Crippen LogP contribution in [0.3, 0.4) is 0 Å². The SMILES string of the molecule is CO/C1=C/C(C)=C/C(C)C(O)C(C)C/C(C)=C/C=C\C(OC)C(C(C)C(O)C(C)C2(OC)CC(OC(=O)/C=C/C(=O)OCC3=CCC(=O)N3)C(C)C(C(C)C)O2)OC1=O. The third kappa shape index (κ3) is 13.5. The minimum Gasteiger partial charge on any atom is -0.490 e. The molecule has 0 aromatic carbocycles. The van der Waals surface area contributed by atoms with E-state index in [0.717, 1.165) is 17.7 Å². The Morgan fingerprint density at radius 2 is 1.71 bits per heavy atom. The van der Waals surface area contributed by atoms with Gasteiger partial charge >= 0.3 is 17.9 Å². The van der Waals surface area contributed by atoms with Crippen LogP contribution < -0.4 is 5.32 Å². The molecule has 0 spiro atoms. The first-order valence-electron chi connectivity index (χ1n) is 20.4. The van der Waals surface area contributed by atoms with Crippen LogP contribution in [0.2, 0.25) is 0 Å². The van der Waals surface area contributed by atoms with Crippen molar-refractivity contribution in [2.24, 2.45) is 35.5 Å². The van der Waals surface area contributed by atoms with E-state index in [1.54, 1.807) is 32.1 Å². The molecule has 0 radical (unpaired) electrons. The predicted molar refractivity (Wildman–Crippen MR) is 220 cm³/mol. The van der Waals surface area contributed by atoms with Crippen molar-refractivity contribution in [3.8, 4) is 0 Å². The van der Waals surface area contributed by atoms with Crippen molar-refractivity contribution in [1.29, 1.82) is 0 Å². The fourth-order valence-electron chi connectivity index (χ4n) is 8.08. The molecule has 1 fully saturated rings. The van der Waals surface area contributed by atoms with Crippen LogP contribution in [0.1, 0.15) is 81.6 Å². The second-order valence-corrected chi connectivity index (χ2v) is 16.6. The minimum absolute atomic E-state index is 0.0343. The number of methoxy groups -OCH3 is 3. The number of nitrogens with one attached hydrogen (secondary N) is 1. The Bertz CT molecular complexity index is 1660. The maximum absolute atomic E-state index is 13.8. The van der Waals surface area contributed by atoms with Crippen molar-refractivity contribution in [2.45, 2.75) is 124 Å². The van der Waals surface area contributed by atoms with E-state index >= 15 is 0 Å². The van der Waals surface area contributed by atoms with Gasteiger partial charge in [-0.05, 0) is 38.2 Å². The molecule has 0 aromatic rings. The van der Waals surface area contributed by atoms with Crippen LogP contribution in [0.4, 0.5) is 0 Å². The number of carbonyl (C=O) groups is 4. The lowest BCUT2D eigenvalue weighted by atomic mass is 9.76. The van der Waals surface area contributed by atoms with E-state index in [9.17, 15) is 29.4 Å². The first kappa shape index (κ1) is 49.3. The van der Waals surface area contributed by atoms with Crippen LogP contribution in [0.15, 0.2) is 71.2 Å². The van der Waals surface area contributed by atoms with Crippen LogP contribution in [-0.2, 0) is 52.3 Å². The highest BCUT2D eigenvalue weighted by Gasteiger charge is 2.54. The normalized spacial score (nSPS) is 34.8. The lowest BCUT2D eigenvalue weighted by molar-refractivity contribution is -0.339. The summed E-state index contributed by atoms with van der Waals surface area (Å²) in [5, 5.41) is 25.8. The molecule has 330 valence electrons. The number of hydrogen-bond donors (Lipinski definition) is 3. The number of aliphatic hydroxyl groups excluding tert-OH is 2. The van der Waals surface area contributed by atoms with E-state index in [1.807, 2.05) is 66.7 Å². The second kappa shape index (κ2) is 22.5. The summed E-state index contributed by atoms with van der Waals surface area (Å²) in [7, 11) is 4.32. The van der Waals surface area contributed by atoms with Gasteiger partial charge in [0.1, 0.15) is 24.9 Å². The molecule has 14 nitrogen and oxygen atoms in total. The van der Waals surface area contributed by atoms with E-state index in [2.05, 4.69) is 5.32 Å². The summed E-state index contributed by atoms with van der Waals surface area (Å²) in [4.78, 5) is 50.6. The lowest BCUT2D eigenvalue weighted by Crippen LogP contribution is -2.60. The van der Waals surface area contributed by atoms with Crippen LogP contribution in [0.5, 0.6) is 0 Å². The van der Waals surface area contributed by atoms with E-state index in [0.29, 0.717) is 17.7 Å². The zero-order valence-electron chi connectivity index (χ0n) is 36.8. The van der Waals surface area contributed by atoms with Gasteiger partial charge in [-0.2, -0.15) is 0 Å². The highest BCUT2D eigenvalue weighted by atomic mass is 16.7. The summed E-state index contributed by atoms with van der Waals surface area (Å²) in [6.07, 6.45) is 8.47. The number of rotatable bonds is 13. The maximum atomic E-state index is 13.8. The fourth-order valence-corrected chi connectivity index (χ4v) is 8.08. The molecular formula is C45H67NO13. The lowest BCUT2D eigenvalue weighted by Gasteiger charge is -2.51. The van der Waals surface area contributed by atoms with Gasteiger partial charge in [0.15, 0.2) is 5.79 Å². The summed E-state index contributed by atoms with van der Waals surface area (Å²) in [6.45, 7) is 16.9. The highest BCUT2D eigenvalue weighted by Crippen LogP contribution is 2.44.